The van der Waals surface area contributed by atoms with Crippen LogP contribution in [0, 0.1) is 0 Å². The van der Waals surface area contributed by atoms with Gasteiger partial charge in [0, 0.05) is 17.1 Å². The van der Waals surface area contributed by atoms with Crippen LogP contribution in [0.4, 0.5) is 5.69 Å². The molecule has 2 aromatic rings. The van der Waals surface area contributed by atoms with Crippen LogP contribution in [-0.2, 0) is 32.2 Å². The molecule has 0 spiro atoms. The summed E-state index contributed by atoms with van der Waals surface area (Å²) < 4.78 is 3.05. The minimum atomic E-state index is 1.00. The number of anilines is 1. The van der Waals surface area contributed by atoms with Crippen molar-refractivity contribution < 1.29 is 0 Å². The van der Waals surface area contributed by atoms with E-state index >= 15 is 0 Å². The molecule has 0 bridgehead atoms. The lowest BCUT2D eigenvalue weighted by molar-refractivity contribution is 0.402. The van der Waals surface area contributed by atoms with Crippen LogP contribution < -0.4 is 16.2 Å². The maximum absolute atomic E-state index is 6.19. The minimum Gasteiger partial charge on any atom is -0.405 e. The molecule has 172 valence electrons. The molecular formula is C26H42N4S. The molecule has 0 radical (unpaired) electrons. The van der Waals surface area contributed by atoms with Gasteiger partial charge in [-0.1, -0.05) is 38.6 Å². The number of benzene rings is 2. The fourth-order valence-electron chi connectivity index (χ4n) is 4.01. The lowest BCUT2D eigenvalue weighted by Gasteiger charge is -2.10. The molecule has 0 amide bonds. The van der Waals surface area contributed by atoms with E-state index < -0.39 is 0 Å². The number of nitrogens with zero attached hydrogens (tertiary/aromatic N) is 1. The van der Waals surface area contributed by atoms with E-state index in [-0.39, 0.29) is 0 Å². The summed E-state index contributed by atoms with van der Waals surface area (Å²) in [5.41, 5.74) is 19.3. The Kier molecular flexibility index (Phi) is 13.1. The van der Waals surface area contributed by atoms with Gasteiger partial charge in [0.15, 0.2) is 0 Å². The van der Waals surface area contributed by atoms with Crippen LogP contribution in [0.2, 0.25) is 0 Å². The SMILES string of the molecule is C=CN.CC.CNSc1ccc(CN(C)C)cc1.Nc1c2c(cc3c1CCC3)CCC2. The molecule has 4 rings (SSSR count). The van der Waals surface area contributed by atoms with Crippen LogP contribution in [0.3, 0.4) is 0 Å². The summed E-state index contributed by atoms with van der Waals surface area (Å²) in [6.45, 7) is 8.14. The van der Waals surface area contributed by atoms with E-state index in [2.05, 4.69) is 66.4 Å². The van der Waals surface area contributed by atoms with Crippen molar-refractivity contribution in [2.75, 3.05) is 26.9 Å². The van der Waals surface area contributed by atoms with E-state index in [1.807, 2.05) is 20.9 Å². The molecule has 0 heterocycles. The maximum atomic E-state index is 6.19. The Hall–Kier alpha value is -1.95. The van der Waals surface area contributed by atoms with Crippen molar-refractivity contribution in [3.63, 3.8) is 0 Å². The van der Waals surface area contributed by atoms with Crippen molar-refractivity contribution in [1.82, 2.24) is 9.62 Å². The van der Waals surface area contributed by atoms with E-state index in [1.165, 1.54) is 77.4 Å². The van der Waals surface area contributed by atoms with E-state index in [1.54, 1.807) is 11.9 Å². The van der Waals surface area contributed by atoms with Crippen molar-refractivity contribution in [2.45, 2.75) is 63.8 Å². The highest BCUT2D eigenvalue weighted by Gasteiger charge is 2.21. The Balaban J connectivity index is 0.000000258. The smallest absolute Gasteiger partial charge is 0.0384 e. The summed E-state index contributed by atoms with van der Waals surface area (Å²) in [4.78, 5) is 3.42. The van der Waals surface area contributed by atoms with Gasteiger partial charge in [-0.25, -0.2) is 0 Å². The third-order valence-corrected chi connectivity index (χ3v) is 5.87. The first-order chi connectivity index (χ1) is 15.0. The molecule has 5 N–H and O–H groups in total. The number of aryl methyl sites for hydroxylation is 2. The van der Waals surface area contributed by atoms with Crippen LogP contribution >= 0.6 is 11.9 Å². The lowest BCUT2D eigenvalue weighted by Crippen LogP contribution is -2.10. The summed E-state index contributed by atoms with van der Waals surface area (Å²) in [5.74, 6) is 0. The zero-order valence-electron chi connectivity index (χ0n) is 20.1. The number of nitrogen functional groups attached to an aromatic ring is 1. The van der Waals surface area contributed by atoms with Crippen LogP contribution in [0.1, 0.15) is 54.5 Å². The molecule has 0 atom stereocenters. The predicted molar refractivity (Wildman–Crippen MR) is 139 cm³/mol. The zero-order valence-corrected chi connectivity index (χ0v) is 20.9. The maximum Gasteiger partial charge on any atom is 0.0384 e. The third-order valence-electron chi connectivity index (χ3n) is 5.16. The Morgan fingerprint density at radius 1 is 1.00 bits per heavy atom. The summed E-state index contributed by atoms with van der Waals surface area (Å²) in [6, 6.07) is 11.0. The predicted octanol–water partition coefficient (Wildman–Crippen LogP) is 5.34. The molecule has 5 heteroatoms. The van der Waals surface area contributed by atoms with E-state index in [0.29, 0.717) is 0 Å². The fraction of sp³-hybridized carbons (Fsp3) is 0.462. The van der Waals surface area contributed by atoms with Crippen LogP contribution in [0.25, 0.3) is 0 Å². The topological polar surface area (TPSA) is 67.3 Å². The van der Waals surface area contributed by atoms with Crippen LogP contribution in [0.15, 0.2) is 48.0 Å². The second kappa shape index (κ2) is 15.0. The molecule has 0 unspecified atom stereocenters. The Labute approximate surface area is 194 Å². The molecule has 0 saturated carbocycles. The summed E-state index contributed by atoms with van der Waals surface area (Å²) in [6.07, 6.45) is 8.81. The van der Waals surface area contributed by atoms with Gasteiger partial charge in [-0.05, 0) is 118 Å². The van der Waals surface area contributed by atoms with Gasteiger partial charge in [0.25, 0.3) is 0 Å². The van der Waals surface area contributed by atoms with Gasteiger partial charge in [0.05, 0.1) is 0 Å². The Morgan fingerprint density at radius 2 is 1.48 bits per heavy atom. The fourth-order valence-corrected chi connectivity index (χ4v) is 4.51. The third kappa shape index (κ3) is 8.60. The first-order valence-electron chi connectivity index (χ1n) is 11.3. The van der Waals surface area contributed by atoms with Gasteiger partial charge < -0.3 is 16.4 Å². The second-order valence-corrected chi connectivity index (χ2v) is 8.78. The van der Waals surface area contributed by atoms with Crippen LogP contribution in [0.5, 0.6) is 0 Å². The highest BCUT2D eigenvalue weighted by atomic mass is 32.2. The number of hydrogen-bond donors (Lipinski definition) is 3. The van der Waals surface area contributed by atoms with E-state index in [9.17, 15) is 0 Å². The molecule has 0 saturated heterocycles. The minimum absolute atomic E-state index is 1.00. The van der Waals surface area contributed by atoms with Gasteiger partial charge in [0.2, 0.25) is 0 Å². The number of rotatable bonds is 4. The van der Waals surface area contributed by atoms with Gasteiger partial charge in [-0.2, -0.15) is 0 Å². The molecular weight excluding hydrogens is 400 g/mol. The normalized spacial score (nSPS) is 13.0. The Bertz CT molecular complexity index is 753. The van der Waals surface area contributed by atoms with Crippen molar-refractivity contribution >= 4 is 17.6 Å². The molecule has 31 heavy (non-hydrogen) atoms. The average Bonchev–Trinajstić information content (AvgIpc) is 3.42. The summed E-state index contributed by atoms with van der Waals surface area (Å²) in [7, 11) is 6.09. The van der Waals surface area contributed by atoms with Gasteiger partial charge in [-0.15, -0.1) is 0 Å². The van der Waals surface area contributed by atoms with Gasteiger partial charge in [0.1, 0.15) is 0 Å². The summed E-state index contributed by atoms with van der Waals surface area (Å²) in [5, 5.41) is 0. The van der Waals surface area contributed by atoms with Crippen molar-refractivity contribution in [1.29, 1.82) is 0 Å². The first-order valence-corrected chi connectivity index (χ1v) is 12.1. The molecule has 4 nitrogen and oxygen atoms in total. The highest BCUT2D eigenvalue weighted by molar-refractivity contribution is 7.97. The molecule has 2 aromatic carbocycles. The zero-order chi connectivity index (χ0) is 23.2. The van der Waals surface area contributed by atoms with Gasteiger partial charge in [-0.3, -0.25) is 4.72 Å². The summed E-state index contributed by atoms with van der Waals surface area (Å²) >= 11 is 1.64. The Morgan fingerprint density at radius 3 is 1.90 bits per heavy atom. The quantitative estimate of drug-likeness (QED) is 0.441. The molecule has 2 aliphatic carbocycles. The number of nitrogens with one attached hydrogen (secondary N) is 1. The van der Waals surface area contributed by atoms with Gasteiger partial charge >= 0.3 is 0 Å². The highest BCUT2D eigenvalue weighted by Crippen LogP contribution is 2.36. The molecule has 0 aliphatic heterocycles. The van der Waals surface area contributed by atoms with Crippen molar-refractivity contribution in [3.05, 3.63) is 70.9 Å². The van der Waals surface area contributed by atoms with Crippen molar-refractivity contribution in [3.8, 4) is 0 Å². The first kappa shape index (κ1) is 27.1. The number of fused-ring (bicyclic) bond motifs is 2. The number of nitrogens with two attached hydrogens (primary N) is 2. The monoisotopic (exact) mass is 442 g/mol. The average molecular weight is 443 g/mol. The molecule has 0 fully saturated rings. The van der Waals surface area contributed by atoms with E-state index in [0.717, 1.165) is 12.2 Å². The largest absolute Gasteiger partial charge is 0.405 e. The van der Waals surface area contributed by atoms with Crippen molar-refractivity contribution in [2.24, 2.45) is 5.73 Å². The standard InChI is InChI=1S/C12H15N.C10H16N2S.C2H5N.C2H6/c13-12-10-5-1-3-8(10)7-9-4-2-6-11(9)12;1-11-13-10-6-4-9(5-7-10)8-12(2)3;1-2-3;1-2/h7H,1-6,13H2;4-7,11H,8H2,1-3H3;2H,1,3H2;1-2H3. The van der Waals surface area contributed by atoms with E-state index in [4.69, 9.17) is 5.73 Å². The molecule has 0 aromatic heterocycles. The molecule has 2 aliphatic rings. The second-order valence-electron chi connectivity index (χ2n) is 7.70. The lowest BCUT2D eigenvalue weighted by atomic mass is 9.99. The van der Waals surface area contributed by atoms with Crippen LogP contribution in [-0.4, -0.2) is 26.0 Å². The number of hydrogen-bond acceptors (Lipinski definition) is 5.